The van der Waals surface area contributed by atoms with Crippen molar-refractivity contribution >= 4 is 17.6 Å². The first-order chi connectivity index (χ1) is 10.1. The van der Waals surface area contributed by atoms with Crippen molar-refractivity contribution < 1.29 is 19.4 Å². The Balaban J connectivity index is 2.11. The Hall–Kier alpha value is -1.88. The first-order valence-electron chi connectivity index (χ1n) is 7.24. The van der Waals surface area contributed by atoms with Crippen LogP contribution in [-0.2, 0) is 14.3 Å². The number of aliphatic hydroxyl groups excluding tert-OH is 1. The highest BCUT2D eigenvalue weighted by molar-refractivity contribution is 5.93. The molecule has 0 bridgehead atoms. The molecule has 21 heavy (non-hydrogen) atoms. The molecule has 0 aliphatic heterocycles. The van der Waals surface area contributed by atoms with E-state index in [0.717, 1.165) is 25.7 Å². The van der Waals surface area contributed by atoms with Crippen molar-refractivity contribution in [2.75, 3.05) is 12.4 Å². The molecule has 1 unspecified atom stereocenters. The van der Waals surface area contributed by atoms with Crippen molar-refractivity contribution in [2.45, 2.75) is 44.6 Å². The quantitative estimate of drug-likeness (QED) is 0.542. The molecule has 0 spiro atoms. The van der Waals surface area contributed by atoms with Crippen LogP contribution in [0, 0.1) is 0 Å². The summed E-state index contributed by atoms with van der Waals surface area (Å²) >= 11 is 0. The lowest BCUT2D eigenvalue weighted by atomic mass is 10.1. The zero-order valence-corrected chi connectivity index (χ0v) is 12.4. The van der Waals surface area contributed by atoms with E-state index in [2.05, 4.69) is 10.1 Å². The molecule has 5 nitrogen and oxygen atoms in total. The van der Waals surface area contributed by atoms with Crippen LogP contribution in [0.15, 0.2) is 30.3 Å². The van der Waals surface area contributed by atoms with Gasteiger partial charge in [-0.15, -0.1) is 0 Å². The van der Waals surface area contributed by atoms with Crippen molar-refractivity contribution in [2.24, 2.45) is 0 Å². The minimum absolute atomic E-state index is 0.197. The van der Waals surface area contributed by atoms with E-state index in [1.807, 2.05) is 18.2 Å². The molecule has 1 atom stereocenters. The van der Waals surface area contributed by atoms with Gasteiger partial charge in [-0.25, -0.2) is 0 Å². The molecule has 1 amide bonds. The van der Waals surface area contributed by atoms with E-state index in [1.54, 1.807) is 12.1 Å². The Bertz CT molecular complexity index is 433. The van der Waals surface area contributed by atoms with E-state index in [1.165, 1.54) is 7.11 Å². The van der Waals surface area contributed by atoms with Gasteiger partial charge in [0.05, 0.1) is 7.11 Å². The Kier molecular flexibility index (Phi) is 8.12. The summed E-state index contributed by atoms with van der Waals surface area (Å²) in [4.78, 5) is 22.6. The third-order valence-electron chi connectivity index (χ3n) is 3.18. The van der Waals surface area contributed by atoms with Crippen LogP contribution in [0.1, 0.15) is 38.5 Å². The van der Waals surface area contributed by atoms with Crippen LogP contribution in [-0.4, -0.2) is 30.2 Å². The molecule has 0 radical (unpaired) electrons. The number of hydrogen-bond donors (Lipinski definition) is 2. The fraction of sp³-hybridized carbons (Fsp3) is 0.500. The molecule has 1 rings (SSSR count). The van der Waals surface area contributed by atoms with Gasteiger partial charge in [0.2, 0.25) is 0 Å². The van der Waals surface area contributed by atoms with Crippen molar-refractivity contribution in [3.8, 4) is 0 Å². The van der Waals surface area contributed by atoms with Gasteiger partial charge in [0.25, 0.3) is 5.91 Å². The molecule has 1 aromatic rings. The number of methoxy groups -OCH3 is 1. The lowest BCUT2D eigenvalue weighted by Gasteiger charge is -2.11. The fourth-order valence-electron chi connectivity index (χ4n) is 1.94. The van der Waals surface area contributed by atoms with Crippen molar-refractivity contribution in [1.82, 2.24) is 0 Å². The highest BCUT2D eigenvalue weighted by Crippen LogP contribution is 2.10. The second-order valence-electron chi connectivity index (χ2n) is 4.90. The number of amides is 1. The van der Waals surface area contributed by atoms with Gasteiger partial charge in [0, 0.05) is 12.1 Å². The predicted octanol–water partition coefficient (Wildman–Crippen LogP) is 2.50. The van der Waals surface area contributed by atoms with Crippen LogP contribution < -0.4 is 5.32 Å². The SMILES string of the molecule is COC(=O)CCCCCCC(O)C(=O)Nc1ccccc1. The van der Waals surface area contributed by atoms with Gasteiger partial charge in [-0.3, -0.25) is 9.59 Å². The van der Waals surface area contributed by atoms with E-state index in [-0.39, 0.29) is 11.9 Å². The molecule has 5 heteroatoms. The van der Waals surface area contributed by atoms with Crippen LogP contribution in [0.25, 0.3) is 0 Å². The molecule has 116 valence electrons. The molecular formula is C16H23NO4. The van der Waals surface area contributed by atoms with Crippen LogP contribution in [0.2, 0.25) is 0 Å². The molecule has 1 aromatic carbocycles. The number of hydrogen-bond acceptors (Lipinski definition) is 4. The maximum Gasteiger partial charge on any atom is 0.305 e. The Morgan fingerprint density at radius 2 is 1.81 bits per heavy atom. The van der Waals surface area contributed by atoms with E-state index in [4.69, 9.17) is 0 Å². The van der Waals surface area contributed by atoms with Gasteiger partial charge in [-0.2, -0.15) is 0 Å². The Labute approximate surface area is 125 Å². The second kappa shape index (κ2) is 9.94. The number of anilines is 1. The molecular weight excluding hydrogens is 270 g/mol. The first kappa shape index (κ1) is 17.2. The van der Waals surface area contributed by atoms with Crippen molar-refractivity contribution in [1.29, 1.82) is 0 Å². The van der Waals surface area contributed by atoms with E-state index in [0.29, 0.717) is 18.5 Å². The summed E-state index contributed by atoms with van der Waals surface area (Å²) in [6.07, 6.45) is 3.16. The third kappa shape index (κ3) is 7.46. The normalized spacial score (nSPS) is 11.7. The Morgan fingerprint density at radius 1 is 1.14 bits per heavy atom. The topological polar surface area (TPSA) is 75.6 Å². The van der Waals surface area contributed by atoms with Gasteiger partial charge in [-0.05, 0) is 25.0 Å². The molecule has 2 N–H and O–H groups in total. The summed E-state index contributed by atoms with van der Waals surface area (Å²) in [5, 5.41) is 12.4. The predicted molar refractivity (Wildman–Crippen MR) is 80.8 cm³/mol. The van der Waals surface area contributed by atoms with Crippen LogP contribution in [0.3, 0.4) is 0 Å². The van der Waals surface area contributed by atoms with Crippen LogP contribution in [0.5, 0.6) is 0 Å². The van der Waals surface area contributed by atoms with Crippen LogP contribution in [0.4, 0.5) is 5.69 Å². The minimum atomic E-state index is -0.995. The Morgan fingerprint density at radius 3 is 2.48 bits per heavy atom. The summed E-state index contributed by atoms with van der Waals surface area (Å²) in [6.45, 7) is 0. The summed E-state index contributed by atoms with van der Waals surface area (Å²) in [5.74, 6) is -0.576. The number of carbonyl (C=O) groups is 2. The zero-order valence-electron chi connectivity index (χ0n) is 12.4. The van der Waals surface area contributed by atoms with Gasteiger partial charge in [0.15, 0.2) is 0 Å². The van der Waals surface area contributed by atoms with Gasteiger partial charge in [0.1, 0.15) is 6.10 Å². The molecule has 0 aliphatic carbocycles. The number of ether oxygens (including phenoxy) is 1. The number of benzene rings is 1. The summed E-state index contributed by atoms with van der Waals surface area (Å²) in [5.41, 5.74) is 0.680. The maximum atomic E-state index is 11.7. The highest BCUT2D eigenvalue weighted by Gasteiger charge is 2.14. The number of aliphatic hydroxyl groups is 1. The number of unbranched alkanes of at least 4 members (excludes halogenated alkanes) is 3. The number of nitrogens with one attached hydrogen (secondary N) is 1. The van der Waals surface area contributed by atoms with Crippen molar-refractivity contribution in [3.05, 3.63) is 30.3 Å². The smallest absolute Gasteiger partial charge is 0.305 e. The first-order valence-corrected chi connectivity index (χ1v) is 7.24. The molecule has 0 heterocycles. The van der Waals surface area contributed by atoms with Crippen LogP contribution >= 0.6 is 0 Å². The monoisotopic (exact) mass is 293 g/mol. The highest BCUT2D eigenvalue weighted by atomic mass is 16.5. The molecule has 0 fully saturated rings. The zero-order chi connectivity index (χ0) is 15.5. The molecule has 0 saturated heterocycles. The van der Waals surface area contributed by atoms with Gasteiger partial charge in [-0.1, -0.05) is 37.5 Å². The average Bonchev–Trinajstić information content (AvgIpc) is 2.51. The lowest BCUT2D eigenvalue weighted by molar-refractivity contribution is -0.140. The fourth-order valence-corrected chi connectivity index (χ4v) is 1.94. The maximum absolute atomic E-state index is 11.7. The van der Waals surface area contributed by atoms with Crippen molar-refractivity contribution in [3.63, 3.8) is 0 Å². The van der Waals surface area contributed by atoms with Gasteiger partial charge < -0.3 is 15.2 Å². The summed E-state index contributed by atoms with van der Waals surface area (Å²) < 4.78 is 4.55. The number of esters is 1. The van der Waals surface area contributed by atoms with E-state index >= 15 is 0 Å². The molecule has 0 aromatic heterocycles. The standard InChI is InChI=1S/C16H23NO4/c1-21-15(19)12-8-3-2-7-11-14(18)16(20)17-13-9-5-4-6-10-13/h4-6,9-10,14,18H,2-3,7-8,11-12H2,1H3,(H,17,20). The minimum Gasteiger partial charge on any atom is -0.469 e. The summed E-state index contributed by atoms with van der Waals surface area (Å²) in [7, 11) is 1.38. The average molecular weight is 293 g/mol. The lowest BCUT2D eigenvalue weighted by Crippen LogP contribution is -2.27. The van der Waals surface area contributed by atoms with E-state index in [9.17, 15) is 14.7 Å². The number of para-hydroxylation sites is 1. The second-order valence-corrected chi connectivity index (χ2v) is 4.90. The molecule has 0 saturated carbocycles. The number of rotatable bonds is 9. The summed E-state index contributed by atoms with van der Waals surface area (Å²) in [6, 6.07) is 9.06. The van der Waals surface area contributed by atoms with E-state index < -0.39 is 6.10 Å². The molecule has 0 aliphatic rings. The number of carbonyl (C=O) groups excluding carboxylic acids is 2. The largest absolute Gasteiger partial charge is 0.469 e. The third-order valence-corrected chi connectivity index (χ3v) is 3.18. The van der Waals surface area contributed by atoms with Gasteiger partial charge >= 0.3 is 5.97 Å².